The second kappa shape index (κ2) is 6.14. The van der Waals surface area contributed by atoms with Crippen LogP contribution in [0.5, 0.6) is 0 Å². The maximum absolute atomic E-state index is 11.8. The highest BCUT2D eigenvalue weighted by atomic mass is 32.2. The summed E-state index contributed by atoms with van der Waals surface area (Å²) >= 11 is 1.54. The number of carboxylic acids is 1. The minimum atomic E-state index is -1.06. The van der Waals surface area contributed by atoms with Gasteiger partial charge in [0, 0.05) is 30.4 Å². The fraction of sp³-hybridized carbons (Fsp3) is 0.429. The molecule has 0 saturated carbocycles. The molecule has 7 nitrogen and oxygen atoms in total. The molecule has 0 amide bonds. The third-order valence-electron chi connectivity index (χ3n) is 4.04. The van der Waals surface area contributed by atoms with Crippen LogP contribution in [0.15, 0.2) is 22.1 Å². The number of carbonyl (C=O) groups is 1. The molecule has 1 unspecified atom stereocenters. The number of rotatable bonds is 4. The average Bonchev–Trinajstić information content (AvgIpc) is 3.03. The van der Waals surface area contributed by atoms with Gasteiger partial charge < -0.3 is 9.67 Å². The van der Waals surface area contributed by atoms with Crippen LogP contribution in [-0.2, 0) is 30.9 Å². The Bertz CT molecular complexity index is 796. The van der Waals surface area contributed by atoms with Crippen molar-refractivity contribution in [1.29, 1.82) is 0 Å². The summed E-state index contributed by atoms with van der Waals surface area (Å²) < 4.78 is 17.5. The summed E-state index contributed by atoms with van der Waals surface area (Å²) in [6.45, 7) is 4.08. The zero-order chi connectivity index (χ0) is 16.7. The van der Waals surface area contributed by atoms with Crippen molar-refractivity contribution in [3.05, 3.63) is 29.3 Å². The van der Waals surface area contributed by atoms with Gasteiger partial charge >= 0.3 is 5.97 Å². The van der Waals surface area contributed by atoms with Crippen LogP contribution in [0.2, 0.25) is 0 Å². The van der Waals surface area contributed by atoms with Crippen molar-refractivity contribution in [2.75, 3.05) is 12.8 Å². The van der Waals surface area contributed by atoms with E-state index in [1.165, 1.54) is 0 Å². The molecule has 3 heterocycles. The fourth-order valence-corrected chi connectivity index (χ4v) is 4.39. The summed E-state index contributed by atoms with van der Waals surface area (Å²) in [7, 11) is 0.697. The smallest absolute Gasteiger partial charge is 0.352 e. The van der Waals surface area contributed by atoms with E-state index >= 15 is 0 Å². The standard InChI is InChI=1S/C14H18N4O3S2/c1-9-12(6-10(14(19)20)16(9)2)22-17-4-5-18-11(8-17)13(7-15-18)23(3)21/h6-7H,4-5,8H2,1-3H3,(H,19,20). The van der Waals surface area contributed by atoms with Crippen LogP contribution >= 0.6 is 11.9 Å². The number of carboxylic acid groups (broad SMARTS) is 1. The molecule has 1 atom stereocenters. The van der Waals surface area contributed by atoms with Gasteiger partial charge in [0.2, 0.25) is 0 Å². The number of hydrogen-bond acceptors (Lipinski definition) is 5. The van der Waals surface area contributed by atoms with Gasteiger partial charge in [0.15, 0.2) is 0 Å². The highest BCUT2D eigenvalue weighted by molar-refractivity contribution is 7.97. The first kappa shape index (κ1) is 16.3. The van der Waals surface area contributed by atoms with Crippen LogP contribution in [0.25, 0.3) is 0 Å². The second-order valence-electron chi connectivity index (χ2n) is 5.43. The zero-order valence-electron chi connectivity index (χ0n) is 13.1. The molecule has 0 bridgehead atoms. The second-order valence-corrected chi connectivity index (χ2v) is 7.92. The van der Waals surface area contributed by atoms with E-state index in [-0.39, 0.29) is 5.69 Å². The Morgan fingerprint density at radius 1 is 1.43 bits per heavy atom. The van der Waals surface area contributed by atoms with Gasteiger partial charge in [-0.05, 0) is 24.9 Å². The van der Waals surface area contributed by atoms with Gasteiger partial charge in [0.1, 0.15) is 5.69 Å². The van der Waals surface area contributed by atoms with E-state index in [1.807, 2.05) is 11.6 Å². The topological polar surface area (TPSA) is 80.4 Å². The first-order valence-corrected chi connectivity index (χ1v) is 9.42. The van der Waals surface area contributed by atoms with Crippen molar-refractivity contribution in [3.63, 3.8) is 0 Å². The minimum Gasteiger partial charge on any atom is -0.477 e. The lowest BCUT2D eigenvalue weighted by Gasteiger charge is -2.26. The first-order chi connectivity index (χ1) is 10.9. The van der Waals surface area contributed by atoms with Crippen LogP contribution < -0.4 is 0 Å². The van der Waals surface area contributed by atoms with E-state index in [2.05, 4.69) is 9.40 Å². The summed E-state index contributed by atoms with van der Waals surface area (Å²) in [5.41, 5.74) is 2.17. The third-order valence-corrected chi connectivity index (χ3v) is 6.18. The summed E-state index contributed by atoms with van der Waals surface area (Å²) in [5.74, 6) is -0.928. The molecular formula is C14H18N4O3S2. The molecule has 3 rings (SSSR count). The molecule has 9 heteroatoms. The molecule has 0 spiro atoms. The molecule has 1 aliphatic rings. The van der Waals surface area contributed by atoms with Gasteiger partial charge in [0.25, 0.3) is 0 Å². The number of fused-ring (bicyclic) bond motifs is 1. The van der Waals surface area contributed by atoms with E-state index in [4.69, 9.17) is 0 Å². The third kappa shape index (κ3) is 2.96. The van der Waals surface area contributed by atoms with E-state index in [0.29, 0.717) is 6.54 Å². The van der Waals surface area contributed by atoms with Crippen molar-refractivity contribution >= 4 is 28.7 Å². The maximum atomic E-state index is 11.8. The quantitative estimate of drug-likeness (QED) is 0.838. The summed E-state index contributed by atoms with van der Waals surface area (Å²) in [6.07, 6.45) is 3.33. The molecule has 23 heavy (non-hydrogen) atoms. The molecule has 2 aromatic rings. The Morgan fingerprint density at radius 2 is 2.17 bits per heavy atom. The van der Waals surface area contributed by atoms with Crippen LogP contribution in [0.1, 0.15) is 21.9 Å². The number of aromatic nitrogens is 3. The Hall–Kier alpha value is -1.58. The summed E-state index contributed by atoms with van der Waals surface area (Å²) in [4.78, 5) is 12.9. The number of aromatic carboxylic acids is 1. The highest BCUT2D eigenvalue weighted by Crippen LogP contribution is 2.32. The van der Waals surface area contributed by atoms with Crippen LogP contribution in [0.3, 0.4) is 0 Å². The molecule has 124 valence electrons. The molecule has 0 saturated heterocycles. The van der Waals surface area contributed by atoms with Crippen molar-refractivity contribution in [1.82, 2.24) is 18.7 Å². The van der Waals surface area contributed by atoms with Crippen molar-refractivity contribution in [2.24, 2.45) is 7.05 Å². The van der Waals surface area contributed by atoms with Crippen LogP contribution in [-0.4, -0.2) is 46.7 Å². The molecule has 0 radical (unpaired) electrons. The van der Waals surface area contributed by atoms with Crippen molar-refractivity contribution < 1.29 is 14.1 Å². The predicted octanol–water partition coefficient (Wildman–Crippen LogP) is 1.49. The lowest BCUT2D eigenvalue weighted by atomic mass is 10.3. The maximum Gasteiger partial charge on any atom is 0.352 e. The first-order valence-electron chi connectivity index (χ1n) is 7.09. The monoisotopic (exact) mass is 354 g/mol. The van der Waals surface area contributed by atoms with Gasteiger partial charge in [0.05, 0.1) is 40.7 Å². The summed E-state index contributed by atoms with van der Waals surface area (Å²) in [5, 5.41) is 13.5. The molecule has 0 fully saturated rings. The molecule has 2 aromatic heterocycles. The molecular weight excluding hydrogens is 336 g/mol. The van der Waals surface area contributed by atoms with Gasteiger partial charge in [-0.3, -0.25) is 8.89 Å². The molecule has 0 aliphatic carbocycles. The van der Waals surface area contributed by atoms with E-state index in [9.17, 15) is 14.1 Å². The van der Waals surface area contributed by atoms with E-state index in [0.717, 1.165) is 34.3 Å². The van der Waals surface area contributed by atoms with Crippen molar-refractivity contribution in [3.8, 4) is 0 Å². The fourth-order valence-electron chi connectivity index (χ4n) is 2.62. The largest absolute Gasteiger partial charge is 0.477 e. The Morgan fingerprint density at radius 3 is 2.78 bits per heavy atom. The van der Waals surface area contributed by atoms with Crippen molar-refractivity contribution in [2.45, 2.75) is 29.8 Å². The Kier molecular flexibility index (Phi) is 4.35. The average molecular weight is 354 g/mol. The normalized spacial score (nSPS) is 16.3. The summed E-state index contributed by atoms with van der Waals surface area (Å²) in [6, 6.07) is 1.70. The SMILES string of the molecule is Cc1c(SN2CCn3ncc(S(C)=O)c3C2)cc(C(=O)O)n1C. The van der Waals surface area contributed by atoms with Gasteiger partial charge in [-0.15, -0.1) is 0 Å². The lowest BCUT2D eigenvalue weighted by Crippen LogP contribution is -2.29. The van der Waals surface area contributed by atoms with Gasteiger partial charge in [-0.2, -0.15) is 5.10 Å². The van der Waals surface area contributed by atoms with Gasteiger partial charge in [-0.1, -0.05) is 0 Å². The number of hydrogen-bond donors (Lipinski definition) is 1. The molecule has 0 aromatic carbocycles. The highest BCUT2D eigenvalue weighted by Gasteiger charge is 2.24. The van der Waals surface area contributed by atoms with Gasteiger partial charge in [-0.25, -0.2) is 9.10 Å². The minimum absolute atomic E-state index is 0.280. The Labute approximate surface area is 140 Å². The van der Waals surface area contributed by atoms with E-state index < -0.39 is 16.8 Å². The predicted molar refractivity (Wildman–Crippen MR) is 87.9 cm³/mol. The lowest BCUT2D eigenvalue weighted by molar-refractivity contribution is 0.0686. The molecule has 1 aliphatic heterocycles. The zero-order valence-corrected chi connectivity index (χ0v) is 14.8. The van der Waals surface area contributed by atoms with Crippen LogP contribution in [0.4, 0.5) is 0 Å². The number of nitrogens with zero attached hydrogens (tertiary/aromatic N) is 4. The van der Waals surface area contributed by atoms with E-state index in [1.54, 1.807) is 42.1 Å². The van der Waals surface area contributed by atoms with Crippen LogP contribution in [0, 0.1) is 6.92 Å². The Balaban J connectivity index is 1.83. The molecule has 1 N–H and O–H groups in total.